The molecular weight excluding hydrogens is 1260 g/mol. The van der Waals surface area contributed by atoms with Crippen molar-refractivity contribution in [3.63, 3.8) is 0 Å². The van der Waals surface area contributed by atoms with Gasteiger partial charge in [0.1, 0.15) is 54.1 Å². The second-order valence-electron chi connectivity index (χ2n) is 23.1. The van der Waals surface area contributed by atoms with E-state index in [0.29, 0.717) is 24.0 Å². The molecule has 1 aliphatic heterocycles. The maximum atomic E-state index is 14.7. The average molecular weight is 1350 g/mol. The lowest BCUT2D eigenvalue weighted by Crippen LogP contribution is -2.63. The van der Waals surface area contributed by atoms with Gasteiger partial charge >= 0.3 is 0 Å². The number of aromatic hydroxyl groups is 1. The zero-order chi connectivity index (χ0) is 70.2. The molecule has 1 aliphatic rings. The molecular formula is C59H95N21O12S2. The Morgan fingerprint density at radius 2 is 1.10 bits per heavy atom. The number of phenolic OH excluding ortho intramolecular Hbond substituents is 1. The van der Waals surface area contributed by atoms with Gasteiger partial charge in [0.15, 0.2) is 17.9 Å². The summed E-state index contributed by atoms with van der Waals surface area (Å²) in [6.07, 6.45) is 0.980. The van der Waals surface area contributed by atoms with Gasteiger partial charge < -0.3 is 104 Å². The van der Waals surface area contributed by atoms with Gasteiger partial charge in [-0.15, -0.1) is 0 Å². The van der Waals surface area contributed by atoms with Crippen LogP contribution in [0.2, 0.25) is 0 Å². The molecule has 1 fully saturated rings. The second-order valence-corrected chi connectivity index (χ2v) is 24.6. The molecule has 520 valence electrons. The standard InChI is InChI=1S/C59H95N21O12S2/c1-5-32(2)45(53(90)76-39(17-11-25-70-58(66)67)55(92)80-26-12-18-42(80)52(89)77-41(31-93)47(61)84)78-50(87)38(16-10-24-69-57(64)65)74-49(86)37(15-9-23-68-56(62)63)75-54(91)46(59(3,4)94)79-51(88)40(28-33-13-7-6-8-14-33)73-44(83)30-71-43(82)29-72-48(85)36(60)27-34-19-21-35(81)22-20-34/h6-8,13-14,19-22,32,36-42,45-46,81,93-94H,5,9-12,15-18,23-31,60H2,1-4H3,(H2,61,84)(H,71,82)(H,72,85)(H,73,83)(H,74,86)(H,75,91)(H,76,90)(H,77,89)(H,78,87)(H,79,88)(H4,62,63,68)(H4,64,65,69)(H4,66,67,70)/t32-,36-,37-,38-,39-,40-,41-,42-,45-,46+/m0/s1. The third-order valence-corrected chi connectivity index (χ3v) is 15.6. The molecule has 10 atom stereocenters. The van der Waals surface area contributed by atoms with Crippen LogP contribution in [-0.4, -0.2) is 197 Å². The number of benzene rings is 2. The lowest BCUT2D eigenvalue weighted by atomic mass is 9.96. The molecule has 11 amide bonds. The van der Waals surface area contributed by atoms with Crippen molar-refractivity contribution in [2.45, 2.75) is 157 Å². The van der Waals surface area contributed by atoms with Crippen LogP contribution in [0.1, 0.15) is 96.6 Å². The number of rotatable bonds is 40. The van der Waals surface area contributed by atoms with Gasteiger partial charge in [0.25, 0.3) is 0 Å². The molecule has 0 aliphatic carbocycles. The molecule has 94 heavy (non-hydrogen) atoms. The summed E-state index contributed by atoms with van der Waals surface area (Å²) in [7, 11) is 0. The van der Waals surface area contributed by atoms with E-state index in [-0.39, 0.29) is 113 Å². The second kappa shape index (κ2) is 40.1. The summed E-state index contributed by atoms with van der Waals surface area (Å²) in [6, 6.07) is 2.89. The van der Waals surface area contributed by atoms with Crippen molar-refractivity contribution in [1.82, 2.24) is 52.8 Å². The quantitative estimate of drug-likeness (QED) is 0.0128. The number of primary amides is 1. The first-order chi connectivity index (χ1) is 44.3. The van der Waals surface area contributed by atoms with E-state index in [4.69, 9.17) is 45.9 Å². The molecule has 1 heterocycles. The van der Waals surface area contributed by atoms with Gasteiger partial charge in [-0.3, -0.25) is 67.7 Å². The topological polar surface area (TPSA) is 565 Å². The van der Waals surface area contributed by atoms with Gasteiger partial charge in [-0.25, -0.2) is 0 Å². The van der Waals surface area contributed by atoms with Crippen LogP contribution in [0.25, 0.3) is 0 Å². The predicted octanol–water partition coefficient (Wildman–Crippen LogP) is -5.55. The van der Waals surface area contributed by atoms with Gasteiger partial charge in [-0.1, -0.05) is 62.7 Å². The van der Waals surface area contributed by atoms with E-state index in [1.165, 1.54) is 30.9 Å². The highest BCUT2D eigenvalue weighted by Crippen LogP contribution is 2.22. The molecule has 3 rings (SSSR count). The Morgan fingerprint density at radius 1 is 0.596 bits per heavy atom. The normalized spacial score (nSPS) is 15.6. The van der Waals surface area contributed by atoms with E-state index >= 15 is 0 Å². The van der Waals surface area contributed by atoms with Gasteiger partial charge in [0.05, 0.1) is 19.1 Å². The minimum absolute atomic E-state index is 0.00843. The Balaban J connectivity index is 1.92. The number of nitrogens with two attached hydrogens (primary N) is 8. The fraction of sp³-hybridized carbons (Fsp3) is 0.559. The molecule has 26 N–H and O–H groups in total. The largest absolute Gasteiger partial charge is 0.508 e. The van der Waals surface area contributed by atoms with Crippen molar-refractivity contribution < 1.29 is 57.8 Å². The fourth-order valence-electron chi connectivity index (χ4n) is 9.66. The minimum Gasteiger partial charge on any atom is -0.508 e. The van der Waals surface area contributed by atoms with Crippen LogP contribution in [0, 0.1) is 5.92 Å². The van der Waals surface area contributed by atoms with Gasteiger partial charge in [0, 0.05) is 43.1 Å². The molecule has 0 bridgehead atoms. The number of nitrogens with zero attached hydrogens (tertiary/aromatic N) is 4. The molecule has 2 aromatic rings. The summed E-state index contributed by atoms with van der Waals surface area (Å²) in [4.78, 5) is 165. The number of aliphatic imine (C=N–C) groups is 3. The summed E-state index contributed by atoms with van der Waals surface area (Å²) < 4.78 is -1.40. The molecule has 0 aromatic heterocycles. The Bertz CT molecular complexity index is 2980. The van der Waals surface area contributed by atoms with Crippen LogP contribution in [0.15, 0.2) is 69.6 Å². The molecule has 1 saturated heterocycles. The number of guanidine groups is 3. The van der Waals surface area contributed by atoms with E-state index in [1.54, 1.807) is 56.3 Å². The Morgan fingerprint density at radius 3 is 1.62 bits per heavy atom. The Kier molecular flexibility index (Phi) is 33.7. The number of phenols is 1. The number of carbonyl (C=O) groups excluding carboxylic acids is 11. The molecule has 0 spiro atoms. The zero-order valence-corrected chi connectivity index (χ0v) is 55.2. The molecule has 0 radical (unpaired) electrons. The first-order valence-corrected chi connectivity index (χ1v) is 31.8. The number of hydrogen-bond donors (Lipinski definition) is 20. The first-order valence-electron chi connectivity index (χ1n) is 30.7. The van der Waals surface area contributed by atoms with Crippen LogP contribution in [0.5, 0.6) is 5.75 Å². The summed E-state index contributed by atoms with van der Waals surface area (Å²) >= 11 is 8.76. The molecule has 33 nitrogen and oxygen atoms in total. The third kappa shape index (κ3) is 28.4. The third-order valence-electron chi connectivity index (χ3n) is 15.0. The summed E-state index contributed by atoms with van der Waals surface area (Å²) in [6.45, 7) is 5.42. The number of amides is 11. The number of carbonyl (C=O) groups is 11. The Hall–Kier alpha value is -9.12. The number of likely N-dealkylation sites (tertiary alicyclic amines) is 1. The maximum absolute atomic E-state index is 14.7. The summed E-state index contributed by atoms with van der Waals surface area (Å²) in [5.41, 5.74) is 46.2. The van der Waals surface area contributed by atoms with E-state index in [0.717, 1.165) is 0 Å². The maximum Gasteiger partial charge on any atom is 0.245 e. The minimum atomic E-state index is -1.55. The number of thiol groups is 2. The van der Waals surface area contributed by atoms with E-state index in [2.05, 4.69) is 88.1 Å². The van der Waals surface area contributed by atoms with Gasteiger partial charge in [0.2, 0.25) is 65.0 Å². The highest BCUT2D eigenvalue weighted by atomic mass is 32.1. The highest BCUT2D eigenvalue weighted by molar-refractivity contribution is 7.81. The first kappa shape index (κ1) is 79.1. The molecule has 35 heteroatoms. The summed E-state index contributed by atoms with van der Waals surface area (Å²) in [5.74, 6) is -10.2. The average Bonchev–Trinajstić information content (AvgIpc) is 1.44. The monoisotopic (exact) mass is 1350 g/mol. The fourth-order valence-corrected chi connectivity index (χ4v) is 10.1. The zero-order valence-electron chi connectivity index (χ0n) is 53.4. The lowest BCUT2D eigenvalue weighted by Gasteiger charge is -2.33. The molecule has 2 aromatic carbocycles. The van der Waals surface area contributed by atoms with Crippen LogP contribution >= 0.6 is 25.3 Å². The van der Waals surface area contributed by atoms with Crippen LogP contribution < -0.4 is 93.7 Å². The van der Waals surface area contributed by atoms with Crippen LogP contribution in [0.3, 0.4) is 0 Å². The number of nitrogens with one attached hydrogen (secondary N) is 9. The van der Waals surface area contributed by atoms with Crippen molar-refractivity contribution in [1.29, 1.82) is 0 Å². The van der Waals surface area contributed by atoms with Crippen LogP contribution in [0.4, 0.5) is 0 Å². The van der Waals surface area contributed by atoms with Gasteiger partial charge in [-0.2, -0.15) is 25.3 Å². The van der Waals surface area contributed by atoms with E-state index in [1.807, 2.05) is 0 Å². The van der Waals surface area contributed by atoms with Crippen molar-refractivity contribution in [2.24, 2.45) is 66.8 Å². The number of hydrogen-bond acceptors (Lipinski definition) is 18. The SMILES string of the molecule is CC[C@H](C)[C@H](NC(=O)[C@H](CCCN=C(N)N)NC(=O)[C@H](CCCN=C(N)N)NC(=O)[C@@H](NC(=O)[C@H](Cc1ccccc1)NC(=O)CNC(=O)CNC(=O)[C@@H](N)Cc1ccc(O)cc1)C(C)(C)S)C(=O)N[C@@H](CCCN=C(N)N)C(=O)N1CCC[C@H]1C(=O)N[C@@H](CS)C(N)=O. The smallest absolute Gasteiger partial charge is 0.245 e. The van der Waals surface area contributed by atoms with Gasteiger partial charge in [-0.05, 0) is 101 Å². The van der Waals surface area contributed by atoms with Crippen molar-refractivity contribution in [3.05, 3.63) is 65.7 Å². The predicted molar refractivity (Wildman–Crippen MR) is 360 cm³/mol. The van der Waals surface area contributed by atoms with Crippen LogP contribution in [-0.2, 0) is 65.6 Å². The summed E-state index contributed by atoms with van der Waals surface area (Å²) in [5, 5.41) is 33.0. The van der Waals surface area contributed by atoms with Crippen molar-refractivity contribution in [3.8, 4) is 5.75 Å². The Labute approximate surface area is 557 Å². The van der Waals surface area contributed by atoms with E-state index in [9.17, 15) is 57.8 Å². The molecule has 0 saturated carbocycles. The lowest BCUT2D eigenvalue weighted by molar-refractivity contribution is -0.142. The van der Waals surface area contributed by atoms with Crippen molar-refractivity contribution in [2.75, 3.05) is 45.0 Å². The highest BCUT2D eigenvalue weighted by Gasteiger charge is 2.41. The van der Waals surface area contributed by atoms with E-state index < -0.39 is 143 Å². The van der Waals surface area contributed by atoms with Crippen molar-refractivity contribution >= 4 is 108 Å². The molecule has 0 unspecified atom stereocenters.